The molecule has 2 rings (SSSR count). The summed E-state index contributed by atoms with van der Waals surface area (Å²) in [7, 11) is 0. The number of nitrogens with one attached hydrogen (secondary N) is 1. The van der Waals surface area contributed by atoms with Gasteiger partial charge in [0, 0.05) is 11.9 Å². The summed E-state index contributed by atoms with van der Waals surface area (Å²) in [6.07, 6.45) is -0.940. The third-order valence-corrected chi connectivity index (χ3v) is 3.75. The Hall–Kier alpha value is -2.25. The topological polar surface area (TPSA) is 92.4 Å². The maximum absolute atomic E-state index is 12.8. The van der Waals surface area contributed by atoms with Crippen LogP contribution in [-0.2, 0) is 0 Å². The molecule has 0 spiro atoms. The van der Waals surface area contributed by atoms with E-state index in [9.17, 15) is 19.1 Å². The monoisotopic (exact) mass is 308 g/mol. The molecule has 4 N–H and O–H groups in total. The minimum Gasteiger partial charge on any atom is -0.387 e. The fourth-order valence-corrected chi connectivity index (χ4v) is 2.48. The lowest BCUT2D eigenvalue weighted by Gasteiger charge is -2.11. The summed E-state index contributed by atoms with van der Waals surface area (Å²) in [4.78, 5) is 23.1. The van der Waals surface area contributed by atoms with E-state index in [0.717, 1.165) is 11.3 Å². The first-order chi connectivity index (χ1) is 9.97. The van der Waals surface area contributed by atoms with E-state index in [4.69, 9.17) is 5.73 Å². The van der Waals surface area contributed by atoms with Crippen molar-refractivity contribution in [3.8, 4) is 0 Å². The average molecular weight is 308 g/mol. The number of carbonyl (C=O) groups excluding carboxylic acids is 2. The molecule has 1 unspecified atom stereocenters. The van der Waals surface area contributed by atoms with E-state index < -0.39 is 23.7 Å². The van der Waals surface area contributed by atoms with Crippen molar-refractivity contribution in [3.05, 3.63) is 57.5 Å². The van der Waals surface area contributed by atoms with Gasteiger partial charge in [-0.25, -0.2) is 4.39 Å². The van der Waals surface area contributed by atoms with Crippen molar-refractivity contribution >= 4 is 23.2 Å². The number of aliphatic hydroxyl groups excluding tert-OH is 1. The molecular weight excluding hydrogens is 295 g/mol. The van der Waals surface area contributed by atoms with Crippen LogP contribution < -0.4 is 11.1 Å². The van der Waals surface area contributed by atoms with Gasteiger partial charge in [-0.3, -0.25) is 9.59 Å². The van der Waals surface area contributed by atoms with Crippen molar-refractivity contribution in [2.24, 2.45) is 5.73 Å². The Morgan fingerprint density at radius 2 is 2.00 bits per heavy atom. The zero-order chi connectivity index (χ0) is 15.4. The summed E-state index contributed by atoms with van der Waals surface area (Å²) in [5.74, 6) is -1.40. The van der Waals surface area contributed by atoms with Crippen LogP contribution in [-0.4, -0.2) is 23.5 Å². The zero-order valence-electron chi connectivity index (χ0n) is 10.9. The Morgan fingerprint density at radius 3 is 2.57 bits per heavy atom. The zero-order valence-corrected chi connectivity index (χ0v) is 11.7. The first-order valence-corrected chi connectivity index (χ1v) is 6.95. The summed E-state index contributed by atoms with van der Waals surface area (Å²) in [6, 6.07) is 6.76. The van der Waals surface area contributed by atoms with E-state index >= 15 is 0 Å². The molecule has 0 bridgehead atoms. The van der Waals surface area contributed by atoms with Crippen molar-refractivity contribution in [2.75, 3.05) is 6.54 Å². The van der Waals surface area contributed by atoms with E-state index in [2.05, 4.69) is 5.32 Å². The second-order valence-electron chi connectivity index (χ2n) is 4.34. The molecule has 1 heterocycles. The standard InChI is InChI=1S/C14H13FN2O3S/c15-10-3-1-8(2-4-10)11(18)6-17-14(20)12-5-9(7-21-12)13(16)19/h1-5,7,11,18H,6H2,(H2,16,19)(H,17,20). The SMILES string of the molecule is NC(=O)c1csc(C(=O)NCC(O)c2ccc(F)cc2)c1. The molecule has 21 heavy (non-hydrogen) atoms. The van der Waals surface area contributed by atoms with Crippen LogP contribution in [0.3, 0.4) is 0 Å². The van der Waals surface area contributed by atoms with Gasteiger partial charge in [0.05, 0.1) is 16.5 Å². The molecule has 0 radical (unpaired) electrons. The number of carbonyl (C=O) groups is 2. The van der Waals surface area contributed by atoms with Gasteiger partial charge in [0.15, 0.2) is 0 Å². The normalized spacial score (nSPS) is 11.9. The molecule has 5 nitrogen and oxygen atoms in total. The lowest BCUT2D eigenvalue weighted by atomic mass is 10.1. The number of amides is 2. The van der Waals surface area contributed by atoms with E-state index in [-0.39, 0.29) is 12.1 Å². The van der Waals surface area contributed by atoms with Crippen LogP contribution in [0.4, 0.5) is 4.39 Å². The number of halogens is 1. The summed E-state index contributed by atoms with van der Waals surface area (Å²) < 4.78 is 12.8. The van der Waals surface area contributed by atoms with E-state index in [1.807, 2.05) is 0 Å². The summed E-state index contributed by atoms with van der Waals surface area (Å²) in [5.41, 5.74) is 5.87. The van der Waals surface area contributed by atoms with Crippen LogP contribution in [0.15, 0.2) is 35.7 Å². The fourth-order valence-electron chi connectivity index (χ4n) is 1.66. The number of hydrogen-bond acceptors (Lipinski definition) is 4. The minimum absolute atomic E-state index is 0.0196. The van der Waals surface area contributed by atoms with Crippen LogP contribution >= 0.6 is 11.3 Å². The number of benzene rings is 1. The van der Waals surface area contributed by atoms with Gasteiger partial charge >= 0.3 is 0 Å². The number of rotatable bonds is 5. The number of thiophene rings is 1. The Balaban J connectivity index is 1.93. The number of primary amides is 1. The van der Waals surface area contributed by atoms with Crippen LogP contribution in [0.2, 0.25) is 0 Å². The van der Waals surface area contributed by atoms with Gasteiger partial charge in [0.1, 0.15) is 5.82 Å². The lowest BCUT2D eigenvalue weighted by Crippen LogP contribution is -2.27. The van der Waals surface area contributed by atoms with Crippen LogP contribution in [0.5, 0.6) is 0 Å². The van der Waals surface area contributed by atoms with Crippen molar-refractivity contribution < 1.29 is 19.1 Å². The average Bonchev–Trinajstić information content (AvgIpc) is 2.95. The smallest absolute Gasteiger partial charge is 0.261 e. The molecule has 0 aliphatic heterocycles. The highest BCUT2D eigenvalue weighted by atomic mass is 32.1. The van der Waals surface area contributed by atoms with Gasteiger partial charge in [-0.1, -0.05) is 12.1 Å². The van der Waals surface area contributed by atoms with Crippen LogP contribution in [0.25, 0.3) is 0 Å². The molecule has 1 aromatic heterocycles. The highest BCUT2D eigenvalue weighted by molar-refractivity contribution is 7.12. The quantitative estimate of drug-likeness (QED) is 0.780. The van der Waals surface area contributed by atoms with Crippen molar-refractivity contribution in [3.63, 3.8) is 0 Å². The van der Waals surface area contributed by atoms with Gasteiger partial charge in [-0.15, -0.1) is 11.3 Å². The Labute approximate surface area is 124 Å². The fraction of sp³-hybridized carbons (Fsp3) is 0.143. The molecule has 0 fully saturated rings. The molecule has 2 amide bonds. The van der Waals surface area contributed by atoms with Gasteiger partial charge < -0.3 is 16.2 Å². The largest absolute Gasteiger partial charge is 0.387 e. The molecule has 0 saturated carbocycles. The van der Waals surface area contributed by atoms with Gasteiger partial charge in [-0.05, 0) is 23.8 Å². The van der Waals surface area contributed by atoms with Crippen molar-refractivity contribution in [1.82, 2.24) is 5.32 Å². The lowest BCUT2D eigenvalue weighted by molar-refractivity contribution is 0.0920. The molecule has 7 heteroatoms. The van der Waals surface area contributed by atoms with Crippen LogP contribution in [0.1, 0.15) is 31.7 Å². The third kappa shape index (κ3) is 3.87. The molecule has 0 aliphatic carbocycles. The minimum atomic E-state index is -0.940. The second-order valence-corrected chi connectivity index (χ2v) is 5.25. The summed E-state index contributed by atoms with van der Waals surface area (Å²) in [6.45, 7) is -0.0196. The van der Waals surface area contributed by atoms with E-state index in [1.54, 1.807) is 0 Å². The summed E-state index contributed by atoms with van der Waals surface area (Å²) >= 11 is 1.09. The van der Waals surface area contributed by atoms with Gasteiger partial charge in [0.25, 0.3) is 5.91 Å². The highest BCUT2D eigenvalue weighted by Gasteiger charge is 2.14. The maximum atomic E-state index is 12.8. The predicted molar refractivity (Wildman–Crippen MR) is 76.5 cm³/mol. The van der Waals surface area contributed by atoms with Crippen molar-refractivity contribution in [2.45, 2.75) is 6.10 Å². The highest BCUT2D eigenvalue weighted by Crippen LogP contribution is 2.15. The number of hydrogen-bond donors (Lipinski definition) is 3. The molecule has 1 atom stereocenters. The van der Waals surface area contributed by atoms with Gasteiger partial charge in [0.2, 0.25) is 5.91 Å². The Kier molecular flexibility index (Phi) is 4.66. The number of aliphatic hydroxyl groups is 1. The first kappa shape index (κ1) is 15.1. The molecular formula is C14H13FN2O3S. The molecule has 1 aromatic carbocycles. The Morgan fingerprint density at radius 1 is 1.33 bits per heavy atom. The molecule has 0 aliphatic rings. The molecule has 2 aromatic rings. The van der Waals surface area contributed by atoms with E-state index in [0.29, 0.717) is 10.4 Å². The van der Waals surface area contributed by atoms with E-state index in [1.165, 1.54) is 35.7 Å². The third-order valence-electron chi connectivity index (χ3n) is 2.82. The first-order valence-electron chi connectivity index (χ1n) is 6.07. The van der Waals surface area contributed by atoms with Crippen molar-refractivity contribution in [1.29, 1.82) is 0 Å². The predicted octanol–water partition coefficient (Wildman–Crippen LogP) is 1.45. The molecule has 110 valence electrons. The second kappa shape index (κ2) is 6.47. The number of nitrogens with two attached hydrogens (primary N) is 1. The van der Waals surface area contributed by atoms with Gasteiger partial charge in [-0.2, -0.15) is 0 Å². The molecule has 0 saturated heterocycles. The van der Waals surface area contributed by atoms with Crippen LogP contribution in [0, 0.1) is 5.82 Å². The maximum Gasteiger partial charge on any atom is 0.261 e. The Bertz CT molecular complexity index is 654. The summed E-state index contributed by atoms with van der Waals surface area (Å²) in [5, 5.41) is 13.9.